The van der Waals surface area contributed by atoms with Gasteiger partial charge in [0.15, 0.2) is 5.78 Å². The number of aromatic nitrogens is 5. The molecule has 0 unspecified atom stereocenters. The van der Waals surface area contributed by atoms with Crippen LogP contribution in [0.2, 0.25) is 15.5 Å². The Morgan fingerprint density at radius 3 is 1.73 bits per heavy atom. The number of hydrogen-bond donors (Lipinski definition) is 2. The molecule has 302 valence electrons. The van der Waals surface area contributed by atoms with Gasteiger partial charge in [-0.1, -0.05) is 46.9 Å². The number of hydrogen-bond acceptors (Lipinski definition) is 9. The van der Waals surface area contributed by atoms with Crippen LogP contribution in [0.25, 0.3) is 34.2 Å². The molecular formula is C46H42Cl3N5O5. The summed E-state index contributed by atoms with van der Waals surface area (Å²) in [5.41, 5.74) is 10.0. The molecule has 0 saturated carbocycles. The number of ether oxygens (including phenoxy) is 3. The normalized spacial score (nSPS) is 10.8. The molecule has 7 rings (SSSR count). The van der Waals surface area contributed by atoms with Crippen LogP contribution >= 0.6 is 34.8 Å². The Kier molecular flexibility index (Phi) is 15.6. The topological polar surface area (TPSA) is 132 Å². The quantitative estimate of drug-likeness (QED) is 0.0784. The van der Waals surface area contributed by atoms with Crippen molar-refractivity contribution in [2.24, 2.45) is 0 Å². The third-order valence-electron chi connectivity index (χ3n) is 8.65. The maximum Gasteiger partial charge on any atom is 0.167 e. The van der Waals surface area contributed by atoms with Crippen LogP contribution in [0.4, 0.5) is 0 Å². The number of aryl methyl sites for hydroxylation is 3. The highest BCUT2D eigenvalue weighted by molar-refractivity contribution is 6.30. The highest BCUT2D eigenvalue weighted by atomic mass is 35.5. The number of ketones is 1. The van der Waals surface area contributed by atoms with Crippen molar-refractivity contribution in [3.8, 4) is 39.6 Å². The number of rotatable bonds is 10. The number of aliphatic hydroxyl groups excluding tert-OH is 1. The number of benzene rings is 3. The molecular weight excluding hydrogens is 809 g/mol. The molecule has 4 aromatic heterocycles. The fourth-order valence-electron chi connectivity index (χ4n) is 5.82. The highest BCUT2D eigenvalue weighted by Gasteiger charge is 2.13. The number of pyridine rings is 3. The maximum atomic E-state index is 12.2. The zero-order chi connectivity index (χ0) is 42.5. The predicted molar refractivity (Wildman–Crippen MR) is 236 cm³/mol. The van der Waals surface area contributed by atoms with Crippen LogP contribution < -0.4 is 14.2 Å². The maximum absolute atomic E-state index is 12.2. The molecule has 3 aromatic carbocycles. The molecule has 0 saturated heterocycles. The largest absolute Gasteiger partial charge is 0.507 e. The summed E-state index contributed by atoms with van der Waals surface area (Å²) < 4.78 is 15.7. The van der Waals surface area contributed by atoms with E-state index in [2.05, 4.69) is 31.2 Å². The summed E-state index contributed by atoms with van der Waals surface area (Å²) >= 11 is 17.3. The van der Waals surface area contributed by atoms with Gasteiger partial charge < -0.3 is 19.3 Å². The lowest BCUT2D eigenvalue weighted by Gasteiger charge is -2.07. The average Bonchev–Trinajstić information content (AvgIpc) is 3.73. The Labute approximate surface area is 358 Å². The second-order valence-electron chi connectivity index (χ2n) is 13.3. The number of carbonyl (C=O) groups excluding carboxylic acids is 1. The minimum Gasteiger partial charge on any atom is -0.507 e. The van der Waals surface area contributed by atoms with Crippen molar-refractivity contribution < 1.29 is 24.1 Å². The second-order valence-corrected chi connectivity index (χ2v) is 14.4. The smallest absolute Gasteiger partial charge is 0.167 e. The molecule has 0 radical (unpaired) electrons. The minimum atomic E-state index is 0.0334. The van der Waals surface area contributed by atoms with E-state index >= 15 is 0 Å². The standard InChI is InChI=1S/C16H14ClN3O.2C15H14ClNO2/c1-10-5-12(7-13(6-10)21-2)16-14(9-19-20-16)11-3-4-15(17)18-8-11;2*1-10-5-12(8-13(6-10)19-2)14(18)7-11-3-4-15(16)17-9-11/h3-9H,1-2H3,(H,19,20);3-6,8-9H,7H2,1-2H3;3-9,18H,1-2H3/b;;14-7+. The first-order valence-electron chi connectivity index (χ1n) is 18.1. The molecule has 59 heavy (non-hydrogen) atoms. The number of carbonyl (C=O) groups is 1. The number of Topliss-reactive ketones (excluding diaryl/α,β-unsaturated/α-hetero) is 1. The number of aromatic amines is 1. The lowest BCUT2D eigenvalue weighted by molar-refractivity contribution is 0.0992. The highest BCUT2D eigenvalue weighted by Crippen LogP contribution is 2.33. The molecule has 0 aliphatic rings. The Morgan fingerprint density at radius 1 is 0.627 bits per heavy atom. The molecule has 10 nitrogen and oxygen atoms in total. The summed E-state index contributed by atoms with van der Waals surface area (Å²) in [7, 11) is 4.85. The van der Waals surface area contributed by atoms with Gasteiger partial charge in [-0.25, -0.2) is 15.0 Å². The lowest BCUT2D eigenvalue weighted by Crippen LogP contribution is -2.04. The number of halogens is 3. The molecule has 0 fully saturated rings. The van der Waals surface area contributed by atoms with Crippen LogP contribution in [-0.2, 0) is 6.42 Å². The number of aliphatic hydroxyl groups is 1. The van der Waals surface area contributed by atoms with E-state index in [1.165, 1.54) is 0 Å². The van der Waals surface area contributed by atoms with Crippen molar-refractivity contribution in [3.05, 3.63) is 170 Å². The van der Waals surface area contributed by atoms with Gasteiger partial charge in [-0.15, -0.1) is 0 Å². The summed E-state index contributed by atoms with van der Waals surface area (Å²) in [6, 6.07) is 27.8. The summed E-state index contributed by atoms with van der Waals surface area (Å²) in [4.78, 5) is 24.3. The van der Waals surface area contributed by atoms with Gasteiger partial charge in [-0.3, -0.25) is 9.89 Å². The molecule has 0 spiro atoms. The van der Waals surface area contributed by atoms with E-state index in [0.29, 0.717) is 44.5 Å². The zero-order valence-electron chi connectivity index (χ0n) is 33.3. The van der Waals surface area contributed by atoms with Gasteiger partial charge >= 0.3 is 0 Å². The Hall–Kier alpha value is -6.20. The molecule has 7 aromatic rings. The number of methoxy groups -OCH3 is 3. The van der Waals surface area contributed by atoms with Crippen LogP contribution in [0.3, 0.4) is 0 Å². The predicted octanol–water partition coefficient (Wildman–Crippen LogP) is 11.7. The van der Waals surface area contributed by atoms with Crippen LogP contribution in [0.5, 0.6) is 17.2 Å². The van der Waals surface area contributed by atoms with Gasteiger partial charge in [0.1, 0.15) is 38.5 Å². The Bertz CT molecular complexity index is 2520. The summed E-state index contributed by atoms with van der Waals surface area (Å²) in [6.07, 6.45) is 8.69. The van der Waals surface area contributed by atoms with Crippen molar-refractivity contribution in [1.29, 1.82) is 0 Å². The third-order valence-corrected chi connectivity index (χ3v) is 9.32. The summed E-state index contributed by atoms with van der Waals surface area (Å²) in [5, 5.41) is 18.7. The minimum absolute atomic E-state index is 0.0334. The van der Waals surface area contributed by atoms with Gasteiger partial charge in [-0.2, -0.15) is 5.10 Å². The second kappa shape index (κ2) is 21.0. The Balaban J connectivity index is 0.000000169. The fourth-order valence-corrected chi connectivity index (χ4v) is 6.16. The molecule has 0 aliphatic heterocycles. The van der Waals surface area contributed by atoms with E-state index in [1.54, 1.807) is 94.7 Å². The van der Waals surface area contributed by atoms with E-state index in [4.69, 9.17) is 49.0 Å². The number of nitrogens with zero attached hydrogens (tertiary/aromatic N) is 4. The van der Waals surface area contributed by atoms with Crippen LogP contribution in [0.1, 0.15) is 43.7 Å². The number of nitrogens with one attached hydrogen (secondary N) is 1. The summed E-state index contributed by atoms with van der Waals surface area (Å²) in [6.45, 7) is 5.91. The first-order valence-corrected chi connectivity index (χ1v) is 19.3. The van der Waals surface area contributed by atoms with Crippen molar-refractivity contribution >= 4 is 52.4 Å². The first kappa shape index (κ1) is 43.9. The molecule has 0 amide bonds. The van der Waals surface area contributed by atoms with E-state index < -0.39 is 0 Å². The molecule has 4 heterocycles. The van der Waals surface area contributed by atoms with Gasteiger partial charge in [0, 0.05) is 52.8 Å². The lowest BCUT2D eigenvalue weighted by atomic mass is 10.0. The first-order chi connectivity index (χ1) is 28.3. The average molecular weight is 851 g/mol. The molecule has 13 heteroatoms. The van der Waals surface area contributed by atoms with Crippen LogP contribution in [0.15, 0.2) is 116 Å². The molecule has 0 aliphatic carbocycles. The van der Waals surface area contributed by atoms with Crippen molar-refractivity contribution in [3.63, 3.8) is 0 Å². The van der Waals surface area contributed by atoms with Crippen molar-refractivity contribution in [1.82, 2.24) is 25.1 Å². The van der Waals surface area contributed by atoms with Crippen molar-refractivity contribution in [2.45, 2.75) is 27.2 Å². The number of H-pyrrole nitrogens is 1. The van der Waals surface area contributed by atoms with Gasteiger partial charge in [0.2, 0.25) is 0 Å². The van der Waals surface area contributed by atoms with Crippen LogP contribution in [-0.4, -0.2) is 57.4 Å². The third kappa shape index (κ3) is 12.9. The monoisotopic (exact) mass is 849 g/mol. The molecule has 0 bridgehead atoms. The fraction of sp³-hybridized carbons (Fsp3) is 0.152. The van der Waals surface area contributed by atoms with Crippen LogP contribution in [0, 0.1) is 20.8 Å². The van der Waals surface area contributed by atoms with Crippen molar-refractivity contribution in [2.75, 3.05) is 21.3 Å². The van der Waals surface area contributed by atoms with E-state index in [1.807, 2.05) is 63.2 Å². The summed E-state index contributed by atoms with van der Waals surface area (Å²) in [5.74, 6) is 2.42. The SMILES string of the molecule is COc1cc(C)cc(-c2[nH]ncc2-c2ccc(Cl)nc2)c1.COc1cc(C)cc(/C(O)=C\c2ccc(Cl)nc2)c1.COc1cc(C)cc(C(=O)Cc2ccc(Cl)nc2)c1. The molecule has 0 atom stereocenters. The Morgan fingerprint density at radius 2 is 1.17 bits per heavy atom. The van der Waals surface area contributed by atoms with Gasteiger partial charge in [-0.05, 0) is 134 Å². The zero-order valence-corrected chi connectivity index (χ0v) is 35.5. The van der Waals surface area contributed by atoms with E-state index in [9.17, 15) is 9.90 Å². The van der Waals surface area contributed by atoms with Gasteiger partial charge in [0.05, 0.1) is 33.2 Å². The van der Waals surface area contributed by atoms with Gasteiger partial charge in [0.25, 0.3) is 0 Å². The molecule has 2 N–H and O–H groups in total. The van der Waals surface area contributed by atoms with E-state index in [-0.39, 0.29) is 11.5 Å². The van der Waals surface area contributed by atoms with E-state index in [0.717, 1.165) is 56.0 Å².